The van der Waals surface area contributed by atoms with Crippen LogP contribution in [0.1, 0.15) is 19.8 Å². The smallest absolute Gasteiger partial charge is 0.317 e. The Kier molecular flexibility index (Phi) is 5.92. The SMILES string of the molecule is CCN(CCSC(F)(F)F)C1CCNCC1. The van der Waals surface area contributed by atoms with E-state index >= 15 is 0 Å². The van der Waals surface area contributed by atoms with E-state index in [-0.39, 0.29) is 17.5 Å². The third-order valence-corrected chi connectivity index (χ3v) is 3.59. The quantitative estimate of drug-likeness (QED) is 0.812. The van der Waals surface area contributed by atoms with Crippen molar-refractivity contribution >= 4 is 11.8 Å². The molecule has 1 heterocycles. The minimum atomic E-state index is -4.09. The number of alkyl halides is 3. The monoisotopic (exact) mass is 256 g/mol. The van der Waals surface area contributed by atoms with Gasteiger partial charge < -0.3 is 5.32 Å². The van der Waals surface area contributed by atoms with Crippen LogP contribution in [-0.2, 0) is 0 Å². The van der Waals surface area contributed by atoms with Crippen molar-refractivity contribution in [3.05, 3.63) is 0 Å². The molecule has 1 N–H and O–H groups in total. The van der Waals surface area contributed by atoms with Crippen LogP contribution >= 0.6 is 11.8 Å². The molecule has 1 fully saturated rings. The van der Waals surface area contributed by atoms with E-state index in [1.54, 1.807) is 0 Å². The van der Waals surface area contributed by atoms with Gasteiger partial charge in [0.15, 0.2) is 0 Å². The maximum Gasteiger partial charge on any atom is 0.441 e. The summed E-state index contributed by atoms with van der Waals surface area (Å²) in [7, 11) is 0. The van der Waals surface area contributed by atoms with Gasteiger partial charge in [-0.05, 0) is 44.2 Å². The van der Waals surface area contributed by atoms with Crippen LogP contribution in [0.4, 0.5) is 13.2 Å². The van der Waals surface area contributed by atoms with Gasteiger partial charge in [-0.15, -0.1) is 0 Å². The van der Waals surface area contributed by atoms with E-state index < -0.39 is 5.51 Å². The highest BCUT2D eigenvalue weighted by Crippen LogP contribution is 2.30. The van der Waals surface area contributed by atoms with Gasteiger partial charge in [0, 0.05) is 18.3 Å². The molecule has 0 atom stereocenters. The second-order valence-corrected chi connectivity index (χ2v) is 5.06. The van der Waals surface area contributed by atoms with Crippen LogP contribution in [0.2, 0.25) is 0 Å². The summed E-state index contributed by atoms with van der Waals surface area (Å²) in [6.07, 6.45) is 2.09. The molecule has 1 saturated heterocycles. The number of hydrogen-bond acceptors (Lipinski definition) is 3. The Morgan fingerprint density at radius 3 is 2.44 bits per heavy atom. The molecular formula is C10H19F3N2S. The van der Waals surface area contributed by atoms with Crippen LogP contribution in [0.25, 0.3) is 0 Å². The largest absolute Gasteiger partial charge is 0.441 e. The van der Waals surface area contributed by atoms with Gasteiger partial charge in [0.1, 0.15) is 0 Å². The number of nitrogens with one attached hydrogen (secondary N) is 1. The van der Waals surface area contributed by atoms with Crippen LogP contribution in [-0.4, -0.2) is 48.4 Å². The average Bonchev–Trinajstić information content (AvgIpc) is 2.24. The lowest BCUT2D eigenvalue weighted by atomic mass is 10.1. The van der Waals surface area contributed by atoms with Gasteiger partial charge in [-0.1, -0.05) is 6.92 Å². The van der Waals surface area contributed by atoms with Crippen molar-refractivity contribution in [3.8, 4) is 0 Å². The maximum absolute atomic E-state index is 12.0. The molecule has 2 nitrogen and oxygen atoms in total. The van der Waals surface area contributed by atoms with Gasteiger partial charge in [-0.3, -0.25) is 4.90 Å². The first-order valence-electron chi connectivity index (χ1n) is 5.68. The van der Waals surface area contributed by atoms with Crippen molar-refractivity contribution in [3.63, 3.8) is 0 Å². The van der Waals surface area contributed by atoms with E-state index in [1.165, 1.54) is 0 Å². The predicted molar refractivity (Wildman–Crippen MR) is 61.7 cm³/mol. The Morgan fingerprint density at radius 2 is 1.94 bits per heavy atom. The molecule has 0 aliphatic carbocycles. The number of nitrogens with zero attached hydrogens (tertiary/aromatic N) is 1. The van der Waals surface area contributed by atoms with Crippen molar-refractivity contribution in [2.24, 2.45) is 0 Å². The second kappa shape index (κ2) is 6.71. The molecule has 0 bridgehead atoms. The summed E-state index contributed by atoms with van der Waals surface area (Å²) in [6, 6.07) is 0.458. The van der Waals surface area contributed by atoms with E-state index in [0.29, 0.717) is 12.6 Å². The van der Waals surface area contributed by atoms with E-state index in [1.807, 2.05) is 6.92 Å². The summed E-state index contributed by atoms with van der Waals surface area (Å²) in [5.74, 6) is 0.140. The zero-order valence-electron chi connectivity index (χ0n) is 9.52. The lowest BCUT2D eigenvalue weighted by molar-refractivity contribution is -0.0329. The summed E-state index contributed by atoms with van der Waals surface area (Å²) >= 11 is 0.0840. The molecule has 1 rings (SSSR count). The van der Waals surface area contributed by atoms with E-state index in [9.17, 15) is 13.2 Å². The third-order valence-electron chi connectivity index (χ3n) is 2.88. The Labute approximate surface area is 98.9 Å². The lowest BCUT2D eigenvalue weighted by Gasteiger charge is -2.33. The van der Waals surface area contributed by atoms with E-state index in [2.05, 4.69) is 10.2 Å². The van der Waals surface area contributed by atoms with Gasteiger partial charge in [0.25, 0.3) is 0 Å². The number of thioether (sulfide) groups is 1. The Bertz CT molecular complexity index is 193. The van der Waals surface area contributed by atoms with Crippen LogP contribution in [0.5, 0.6) is 0 Å². The maximum atomic E-state index is 12.0. The van der Waals surface area contributed by atoms with Crippen LogP contribution in [0.3, 0.4) is 0 Å². The molecule has 6 heteroatoms. The van der Waals surface area contributed by atoms with Gasteiger partial charge in [-0.2, -0.15) is 13.2 Å². The summed E-state index contributed by atoms with van der Waals surface area (Å²) < 4.78 is 36.0. The van der Waals surface area contributed by atoms with Crippen molar-refractivity contribution in [1.29, 1.82) is 0 Å². The normalized spacial score (nSPS) is 19.3. The minimum Gasteiger partial charge on any atom is -0.317 e. The van der Waals surface area contributed by atoms with Crippen molar-refractivity contribution in [2.75, 3.05) is 31.9 Å². The van der Waals surface area contributed by atoms with Gasteiger partial charge >= 0.3 is 5.51 Å². The van der Waals surface area contributed by atoms with Crippen LogP contribution in [0.15, 0.2) is 0 Å². The Balaban J connectivity index is 2.25. The molecule has 1 aliphatic heterocycles. The fraction of sp³-hybridized carbons (Fsp3) is 1.00. The molecule has 16 heavy (non-hydrogen) atoms. The highest BCUT2D eigenvalue weighted by Gasteiger charge is 2.28. The Hall–Kier alpha value is 0.0600. The predicted octanol–water partition coefficient (Wildman–Crippen LogP) is 2.31. The zero-order chi connectivity index (χ0) is 12.0. The molecule has 0 aromatic rings. The Morgan fingerprint density at radius 1 is 1.31 bits per heavy atom. The summed E-state index contributed by atoms with van der Waals surface area (Å²) in [5.41, 5.74) is -4.09. The van der Waals surface area contributed by atoms with Crippen LogP contribution in [0, 0.1) is 0 Å². The first-order chi connectivity index (χ1) is 7.53. The number of halogens is 3. The van der Waals surface area contributed by atoms with E-state index in [0.717, 1.165) is 32.5 Å². The zero-order valence-corrected chi connectivity index (χ0v) is 10.3. The average molecular weight is 256 g/mol. The number of hydrogen-bond donors (Lipinski definition) is 1. The third kappa shape index (κ3) is 5.41. The van der Waals surface area contributed by atoms with Crippen LogP contribution < -0.4 is 5.32 Å². The summed E-state index contributed by atoms with van der Waals surface area (Å²) in [5, 5.41) is 3.26. The molecule has 0 amide bonds. The van der Waals surface area contributed by atoms with Crippen molar-refractivity contribution < 1.29 is 13.2 Å². The number of piperidine rings is 1. The number of rotatable bonds is 5. The molecule has 0 aromatic carbocycles. The fourth-order valence-corrected chi connectivity index (χ4v) is 2.61. The second-order valence-electron chi connectivity index (χ2n) is 3.90. The summed E-state index contributed by atoms with van der Waals surface area (Å²) in [4.78, 5) is 2.17. The summed E-state index contributed by atoms with van der Waals surface area (Å²) in [6.45, 7) is 5.34. The van der Waals surface area contributed by atoms with Crippen molar-refractivity contribution in [2.45, 2.75) is 31.3 Å². The van der Waals surface area contributed by atoms with Gasteiger partial charge in [-0.25, -0.2) is 0 Å². The molecule has 0 aromatic heterocycles. The van der Waals surface area contributed by atoms with E-state index in [4.69, 9.17) is 0 Å². The lowest BCUT2D eigenvalue weighted by Crippen LogP contribution is -2.44. The topological polar surface area (TPSA) is 15.3 Å². The van der Waals surface area contributed by atoms with Gasteiger partial charge in [0.05, 0.1) is 0 Å². The molecule has 0 spiro atoms. The molecule has 96 valence electrons. The van der Waals surface area contributed by atoms with Crippen molar-refractivity contribution in [1.82, 2.24) is 10.2 Å². The first-order valence-corrected chi connectivity index (χ1v) is 6.67. The molecular weight excluding hydrogens is 237 g/mol. The molecule has 0 unspecified atom stereocenters. The molecule has 0 radical (unpaired) electrons. The van der Waals surface area contributed by atoms with Gasteiger partial charge in [0.2, 0.25) is 0 Å². The molecule has 1 aliphatic rings. The highest BCUT2D eigenvalue weighted by atomic mass is 32.2. The minimum absolute atomic E-state index is 0.0840. The standard InChI is InChI=1S/C10H19F3N2S/c1-2-15(7-8-16-10(11,12)13)9-3-5-14-6-4-9/h9,14H,2-8H2,1H3. The highest BCUT2D eigenvalue weighted by molar-refractivity contribution is 8.00. The fourth-order valence-electron chi connectivity index (χ4n) is 2.05. The molecule has 0 saturated carbocycles. The first kappa shape index (κ1) is 14.1.